The van der Waals surface area contributed by atoms with Gasteiger partial charge in [-0.3, -0.25) is 9.59 Å². The van der Waals surface area contributed by atoms with E-state index in [4.69, 9.17) is 9.47 Å². The molecule has 0 N–H and O–H groups in total. The van der Waals surface area contributed by atoms with Gasteiger partial charge in [0.1, 0.15) is 5.60 Å². The summed E-state index contributed by atoms with van der Waals surface area (Å²) in [5.74, 6) is -0.404. The molecule has 110 valence electrons. The maximum absolute atomic E-state index is 12.5. The molecule has 1 saturated heterocycles. The van der Waals surface area contributed by atoms with Crippen molar-refractivity contribution in [1.29, 1.82) is 0 Å². The average molecular weight is 273 g/mol. The zero-order valence-corrected chi connectivity index (χ0v) is 11.9. The van der Waals surface area contributed by atoms with Gasteiger partial charge in [0.25, 0.3) is 5.91 Å². The quantitative estimate of drug-likeness (QED) is 0.635. The lowest BCUT2D eigenvalue weighted by Crippen LogP contribution is -2.48. The molecule has 0 spiro atoms. The molecule has 0 bridgehead atoms. The summed E-state index contributed by atoms with van der Waals surface area (Å²) in [5, 5.41) is 0. The molecule has 1 aliphatic heterocycles. The minimum absolute atomic E-state index is 0.0778. The fourth-order valence-corrected chi connectivity index (χ4v) is 2.13. The number of rotatable bonds is 7. The fourth-order valence-electron chi connectivity index (χ4n) is 2.13. The Balaban J connectivity index is 2.61. The Labute approximate surface area is 114 Å². The van der Waals surface area contributed by atoms with Gasteiger partial charge in [0, 0.05) is 26.8 Å². The zero-order valence-electron chi connectivity index (χ0n) is 11.9. The molecule has 6 nitrogen and oxygen atoms in total. The lowest BCUT2D eigenvalue weighted by molar-refractivity contribution is -0.152. The molecular weight excluding hydrogens is 250 g/mol. The van der Waals surface area contributed by atoms with Crippen LogP contribution in [0.4, 0.5) is 0 Å². The number of methoxy groups -OCH3 is 2. The van der Waals surface area contributed by atoms with E-state index in [0.29, 0.717) is 32.7 Å². The van der Waals surface area contributed by atoms with Crippen LogP contribution in [0.5, 0.6) is 0 Å². The van der Waals surface area contributed by atoms with Gasteiger partial charge in [-0.05, 0) is 19.8 Å². The van der Waals surface area contributed by atoms with Gasteiger partial charge in [0.2, 0.25) is 0 Å². The third kappa shape index (κ3) is 4.47. The molecule has 0 aliphatic carbocycles. The van der Waals surface area contributed by atoms with E-state index in [0.717, 1.165) is 6.42 Å². The lowest BCUT2D eigenvalue weighted by atomic mass is 10.0. The van der Waals surface area contributed by atoms with Gasteiger partial charge in [-0.25, -0.2) is 0 Å². The van der Waals surface area contributed by atoms with Crippen molar-refractivity contribution in [3.05, 3.63) is 0 Å². The van der Waals surface area contributed by atoms with E-state index in [1.165, 1.54) is 7.11 Å². The predicted octanol–water partition coefficient (Wildman–Crippen LogP) is 0.594. The first-order chi connectivity index (χ1) is 9.03. The van der Waals surface area contributed by atoms with E-state index in [-0.39, 0.29) is 18.3 Å². The number of carbonyl (C=O) groups is 2. The van der Waals surface area contributed by atoms with E-state index < -0.39 is 5.60 Å². The second-order valence-electron chi connectivity index (χ2n) is 4.79. The highest BCUT2D eigenvalue weighted by molar-refractivity contribution is 5.85. The minimum atomic E-state index is -0.760. The molecule has 0 saturated carbocycles. The third-order valence-electron chi connectivity index (χ3n) is 3.34. The molecule has 1 unspecified atom stereocenters. The van der Waals surface area contributed by atoms with Gasteiger partial charge in [0.15, 0.2) is 0 Å². The third-order valence-corrected chi connectivity index (χ3v) is 3.34. The number of carbonyl (C=O) groups excluding carboxylic acids is 2. The van der Waals surface area contributed by atoms with Gasteiger partial charge in [-0.15, -0.1) is 0 Å². The van der Waals surface area contributed by atoms with Gasteiger partial charge >= 0.3 is 5.97 Å². The van der Waals surface area contributed by atoms with E-state index >= 15 is 0 Å². The normalized spacial score (nSPS) is 22.3. The molecule has 1 aliphatic rings. The maximum Gasteiger partial charge on any atom is 0.307 e. The Morgan fingerprint density at radius 1 is 1.32 bits per heavy atom. The summed E-state index contributed by atoms with van der Waals surface area (Å²) in [6, 6.07) is 0. The maximum atomic E-state index is 12.5. The Bertz CT molecular complexity index is 312. The molecule has 0 aromatic heterocycles. The van der Waals surface area contributed by atoms with Crippen LogP contribution in [0.15, 0.2) is 0 Å². The van der Waals surface area contributed by atoms with Crippen LogP contribution in [0.25, 0.3) is 0 Å². The number of hydrogen-bond acceptors (Lipinski definition) is 5. The zero-order chi connectivity index (χ0) is 14.3. The van der Waals surface area contributed by atoms with Crippen molar-refractivity contribution in [2.45, 2.75) is 31.8 Å². The predicted molar refractivity (Wildman–Crippen MR) is 68.7 cm³/mol. The van der Waals surface area contributed by atoms with Crippen LogP contribution in [0.2, 0.25) is 0 Å². The molecule has 1 amide bonds. The molecule has 1 fully saturated rings. The van der Waals surface area contributed by atoms with Crippen molar-refractivity contribution in [3.8, 4) is 0 Å². The first-order valence-electron chi connectivity index (χ1n) is 6.52. The second kappa shape index (κ2) is 7.45. The number of amides is 1. The summed E-state index contributed by atoms with van der Waals surface area (Å²) >= 11 is 0. The largest absolute Gasteiger partial charge is 0.469 e. The van der Waals surface area contributed by atoms with Crippen LogP contribution in [0.3, 0.4) is 0 Å². The van der Waals surface area contributed by atoms with Crippen LogP contribution >= 0.6 is 0 Å². The summed E-state index contributed by atoms with van der Waals surface area (Å²) in [4.78, 5) is 25.3. The van der Waals surface area contributed by atoms with E-state index in [1.54, 1.807) is 18.9 Å². The SMILES string of the molecule is COCCN(CCC(=O)OC)C(=O)C1(C)CCCO1. The van der Waals surface area contributed by atoms with Crippen LogP contribution in [0, 0.1) is 0 Å². The molecule has 1 atom stereocenters. The highest BCUT2D eigenvalue weighted by atomic mass is 16.5. The monoisotopic (exact) mass is 273 g/mol. The first kappa shape index (κ1) is 15.9. The molecule has 19 heavy (non-hydrogen) atoms. The standard InChI is InChI=1S/C13H23NO5/c1-13(6-4-9-19-13)12(16)14(8-10-17-2)7-5-11(15)18-3/h4-10H2,1-3H3. The molecule has 0 radical (unpaired) electrons. The van der Waals surface area contributed by atoms with Gasteiger partial charge < -0.3 is 19.1 Å². The summed E-state index contributed by atoms with van der Waals surface area (Å²) in [7, 11) is 2.92. The molecular formula is C13H23NO5. The first-order valence-corrected chi connectivity index (χ1v) is 6.52. The fraction of sp³-hybridized carbons (Fsp3) is 0.846. The summed E-state index contributed by atoms with van der Waals surface area (Å²) < 4.78 is 15.1. The van der Waals surface area contributed by atoms with Crippen molar-refractivity contribution in [3.63, 3.8) is 0 Å². The Morgan fingerprint density at radius 2 is 2.05 bits per heavy atom. The highest BCUT2D eigenvalue weighted by Gasteiger charge is 2.40. The van der Waals surface area contributed by atoms with Crippen LogP contribution < -0.4 is 0 Å². The number of esters is 1. The summed E-state index contributed by atoms with van der Waals surface area (Å²) in [6.45, 7) is 3.62. The Morgan fingerprint density at radius 3 is 2.58 bits per heavy atom. The number of hydrogen-bond donors (Lipinski definition) is 0. The van der Waals surface area contributed by atoms with Crippen molar-refractivity contribution >= 4 is 11.9 Å². The van der Waals surface area contributed by atoms with Crippen molar-refractivity contribution in [1.82, 2.24) is 4.90 Å². The molecule has 6 heteroatoms. The Kier molecular flexibility index (Phi) is 6.24. The van der Waals surface area contributed by atoms with E-state index in [9.17, 15) is 9.59 Å². The van der Waals surface area contributed by atoms with E-state index in [1.807, 2.05) is 0 Å². The molecule has 1 heterocycles. The molecule has 1 rings (SSSR count). The summed E-state index contributed by atoms with van der Waals surface area (Å²) in [5.41, 5.74) is -0.760. The minimum Gasteiger partial charge on any atom is -0.469 e. The van der Waals surface area contributed by atoms with Crippen molar-refractivity contribution < 1.29 is 23.8 Å². The highest BCUT2D eigenvalue weighted by Crippen LogP contribution is 2.27. The summed E-state index contributed by atoms with van der Waals surface area (Å²) in [6.07, 6.45) is 1.78. The van der Waals surface area contributed by atoms with Gasteiger partial charge in [-0.2, -0.15) is 0 Å². The van der Waals surface area contributed by atoms with Crippen molar-refractivity contribution in [2.24, 2.45) is 0 Å². The molecule has 0 aromatic carbocycles. The van der Waals surface area contributed by atoms with Gasteiger partial charge in [-0.1, -0.05) is 0 Å². The Hall–Kier alpha value is -1.14. The smallest absolute Gasteiger partial charge is 0.307 e. The lowest BCUT2D eigenvalue weighted by Gasteiger charge is -2.30. The van der Waals surface area contributed by atoms with Crippen molar-refractivity contribution in [2.75, 3.05) is 40.5 Å². The topological polar surface area (TPSA) is 65.1 Å². The van der Waals surface area contributed by atoms with Gasteiger partial charge in [0.05, 0.1) is 20.1 Å². The van der Waals surface area contributed by atoms with Crippen LogP contribution in [-0.2, 0) is 23.8 Å². The second-order valence-corrected chi connectivity index (χ2v) is 4.79. The number of nitrogens with zero attached hydrogens (tertiary/aromatic N) is 1. The average Bonchev–Trinajstić information content (AvgIpc) is 2.86. The number of ether oxygens (including phenoxy) is 3. The van der Waals surface area contributed by atoms with Crippen LogP contribution in [0.1, 0.15) is 26.2 Å². The van der Waals surface area contributed by atoms with E-state index in [2.05, 4.69) is 4.74 Å². The van der Waals surface area contributed by atoms with Crippen LogP contribution in [-0.4, -0.2) is 62.9 Å². The molecule has 0 aromatic rings.